The van der Waals surface area contributed by atoms with Gasteiger partial charge in [0.2, 0.25) is 11.5 Å². The van der Waals surface area contributed by atoms with Crippen molar-refractivity contribution in [3.05, 3.63) is 72.2 Å². The first-order valence-corrected chi connectivity index (χ1v) is 9.13. The molecule has 1 N–H and O–H groups in total. The Kier molecular flexibility index (Phi) is 4.81. The second kappa shape index (κ2) is 7.21. The van der Waals surface area contributed by atoms with Gasteiger partial charge in [-0.3, -0.25) is 0 Å². The summed E-state index contributed by atoms with van der Waals surface area (Å²) in [4.78, 5) is 3.66. The monoisotopic (exact) mass is 419 g/mol. The molecule has 0 saturated carbocycles. The highest BCUT2D eigenvalue weighted by molar-refractivity contribution is 5.67. The lowest BCUT2D eigenvalue weighted by Crippen LogP contribution is -2.42. The third-order valence-electron chi connectivity index (χ3n) is 5.03. The summed E-state index contributed by atoms with van der Waals surface area (Å²) >= 11 is 0. The van der Waals surface area contributed by atoms with E-state index in [2.05, 4.69) is 15.3 Å². The molecule has 0 amide bonds. The Hall–Kier alpha value is -3.27. The molecule has 1 unspecified atom stereocenters. The molecule has 0 aliphatic carbocycles. The van der Waals surface area contributed by atoms with Crippen LogP contribution in [0.4, 0.5) is 17.6 Å². The fourth-order valence-corrected chi connectivity index (χ4v) is 3.30. The van der Waals surface area contributed by atoms with Crippen LogP contribution in [0.1, 0.15) is 24.6 Å². The summed E-state index contributed by atoms with van der Waals surface area (Å²) in [6, 6.07) is 10.3. The molecule has 4 aromatic heterocycles. The zero-order chi connectivity index (χ0) is 21.5. The van der Waals surface area contributed by atoms with Gasteiger partial charge in [-0.15, -0.1) is 5.10 Å². The van der Waals surface area contributed by atoms with Crippen molar-refractivity contribution < 1.29 is 22.7 Å². The standard InChI is InChI=1S/C20H17F4N5O/c1-2-19(30,20(22,23)24)17-12-28(27-26-17)11-13-7-8-29-15(9-13)4-5-16(29)14-3-6-18(21)25-10-14/h3-10,12,30H,2,11H2,1H3. The number of aliphatic hydroxyl groups is 1. The number of nitrogens with zero attached hydrogens (tertiary/aromatic N) is 5. The minimum Gasteiger partial charge on any atom is -0.375 e. The first kappa shape index (κ1) is 20.0. The summed E-state index contributed by atoms with van der Waals surface area (Å²) in [5.41, 5.74) is -0.372. The Labute approximate surface area is 168 Å². The summed E-state index contributed by atoms with van der Waals surface area (Å²) in [5.74, 6) is -0.561. The first-order valence-electron chi connectivity index (χ1n) is 9.13. The highest BCUT2D eigenvalue weighted by Gasteiger charge is 2.55. The van der Waals surface area contributed by atoms with Crippen LogP contribution in [0.2, 0.25) is 0 Å². The van der Waals surface area contributed by atoms with E-state index in [9.17, 15) is 22.7 Å². The third kappa shape index (κ3) is 3.43. The smallest absolute Gasteiger partial charge is 0.375 e. The van der Waals surface area contributed by atoms with Crippen molar-refractivity contribution in [2.45, 2.75) is 31.7 Å². The maximum atomic E-state index is 13.2. The topological polar surface area (TPSA) is 68.2 Å². The first-order chi connectivity index (χ1) is 14.2. The third-order valence-corrected chi connectivity index (χ3v) is 5.03. The van der Waals surface area contributed by atoms with Crippen LogP contribution in [0.5, 0.6) is 0 Å². The van der Waals surface area contributed by atoms with Gasteiger partial charge in [0.25, 0.3) is 0 Å². The number of alkyl halides is 3. The van der Waals surface area contributed by atoms with Gasteiger partial charge in [0.05, 0.1) is 18.4 Å². The maximum absolute atomic E-state index is 13.2. The van der Waals surface area contributed by atoms with Crippen molar-refractivity contribution in [2.24, 2.45) is 0 Å². The number of hydrogen-bond acceptors (Lipinski definition) is 4. The second-order valence-corrected chi connectivity index (χ2v) is 6.93. The number of aromatic nitrogens is 5. The molecule has 0 aromatic carbocycles. The molecule has 4 rings (SSSR count). The molecule has 6 nitrogen and oxygen atoms in total. The molecule has 1 atom stereocenters. The summed E-state index contributed by atoms with van der Waals surface area (Å²) in [6.45, 7) is 1.42. The Morgan fingerprint density at radius 1 is 1.10 bits per heavy atom. The average Bonchev–Trinajstić information content (AvgIpc) is 3.34. The zero-order valence-corrected chi connectivity index (χ0v) is 15.8. The minimum absolute atomic E-state index is 0.180. The molecular formula is C20H17F4N5O. The zero-order valence-electron chi connectivity index (χ0n) is 15.8. The normalized spacial score (nSPS) is 14.2. The summed E-state index contributed by atoms with van der Waals surface area (Å²) in [5, 5.41) is 17.3. The fraction of sp³-hybridized carbons (Fsp3) is 0.250. The van der Waals surface area contributed by atoms with Crippen molar-refractivity contribution in [3.8, 4) is 11.3 Å². The van der Waals surface area contributed by atoms with E-state index in [0.717, 1.165) is 28.5 Å². The minimum atomic E-state index is -4.85. The second-order valence-electron chi connectivity index (χ2n) is 6.93. The van der Waals surface area contributed by atoms with Gasteiger partial charge in [-0.2, -0.15) is 17.6 Å². The van der Waals surface area contributed by atoms with Gasteiger partial charge in [0.15, 0.2) is 0 Å². The van der Waals surface area contributed by atoms with Crippen LogP contribution in [0.25, 0.3) is 16.8 Å². The van der Waals surface area contributed by atoms with Crippen LogP contribution in [-0.4, -0.2) is 35.7 Å². The van der Waals surface area contributed by atoms with Crippen molar-refractivity contribution in [1.29, 1.82) is 0 Å². The van der Waals surface area contributed by atoms with Crippen LogP contribution in [-0.2, 0) is 12.1 Å². The highest BCUT2D eigenvalue weighted by atomic mass is 19.4. The number of hydrogen-bond donors (Lipinski definition) is 1. The van der Waals surface area contributed by atoms with Crippen molar-refractivity contribution >= 4 is 5.52 Å². The maximum Gasteiger partial charge on any atom is 0.423 e. The summed E-state index contributed by atoms with van der Waals surface area (Å²) in [6.07, 6.45) is -1.06. The summed E-state index contributed by atoms with van der Waals surface area (Å²) < 4.78 is 55.8. The molecule has 156 valence electrons. The Morgan fingerprint density at radius 2 is 1.90 bits per heavy atom. The predicted molar refractivity (Wildman–Crippen MR) is 100.0 cm³/mol. The van der Waals surface area contributed by atoms with E-state index in [0.29, 0.717) is 0 Å². The van der Waals surface area contributed by atoms with E-state index in [1.807, 2.05) is 22.6 Å². The van der Waals surface area contributed by atoms with E-state index in [-0.39, 0.29) is 6.54 Å². The molecule has 0 saturated heterocycles. The van der Waals surface area contributed by atoms with Crippen molar-refractivity contribution in [1.82, 2.24) is 24.4 Å². The predicted octanol–water partition coefficient (Wildman–Crippen LogP) is 3.94. The van der Waals surface area contributed by atoms with Crippen LogP contribution >= 0.6 is 0 Å². The van der Waals surface area contributed by atoms with Gasteiger partial charge in [-0.25, -0.2) is 9.67 Å². The van der Waals surface area contributed by atoms with Crippen LogP contribution < -0.4 is 0 Å². The highest BCUT2D eigenvalue weighted by Crippen LogP contribution is 2.40. The van der Waals surface area contributed by atoms with Crippen molar-refractivity contribution in [3.63, 3.8) is 0 Å². The quantitative estimate of drug-likeness (QED) is 0.393. The van der Waals surface area contributed by atoms with E-state index < -0.39 is 29.8 Å². The molecule has 30 heavy (non-hydrogen) atoms. The molecule has 4 heterocycles. The lowest BCUT2D eigenvalue weighted by molar-refractivity contribution is -0.269. The van der Waals surface area contributed by atoms with Gasteiger partial charge < -0.3 is 9.51 Å². The molecule has 0 spiro atoms. The molecule has 10 heteroatoms. The van der Waals surface area contributed by atoms with Crippen LogP contribution in [0, 0.1) is 5.95 Å². The van der Waals surface area contributed by atoms with Gasteiger partial charge in [0, 0.05) is 23.5 Å². The molecular weight excluding hydrogens is 402 g/mol. The fourth-order valence-electron chi connectivity index (χ4n) is 3.30. The van der Waals surface area contributed by atoms with E-state index in [1.54, 1.807) is 18.3 Å². The van der Waals surface area contributed by atoms with Gasteiger partial charge in [-0.05, 0) is 48.4 Å². The SMILES string of the molecule is CCC(O)(c1cn(Cc2ccn3c(-c4ccc(F)nc4)ccc3c2)nn1)C(F)(F)F. The van der Waals surface area contributed by atoms with Gasteiger partial charge >= 0.3 is 6.18 Å². The molecule has 0 aliphatic heterocycles. The van der Waals surface area contributed by atoms with Gasteiger partial charge in [0.1, 0.15) is 5.69 Å². The largest absolute Gasteiger partial charge is 0.423 e. The average molecular weight is 419 g/mol. The lowest BCUT2D eigenvalue weighted by Gasteiger charge is -2.26. The van der Waals surface area contributed by atoms with Crippen LogP contribution in [0.15, 0.2) is 55.0 Å². The molecule has 0 bridgehead atoms. The Bertz CT molecular complexity index is 1180. The van der Waals surface area contributed by atoms with Crippen LogP contribution in [0.3, 0.4) is 0 Å². The molecule has 4 aromatic rings. The Balaban J connectivity index is 1.60. The number of halogens is 4. The van der Waals surface area contributed by atoms with E-state index in [1.165, 1.54) is 23.9 Å². The number of pyridine rings is 2. The van der Waals surface area contributed by atoms with Crippen molar-refractivity contribution in [2.75, 3.05) is 0 Å². The molecule has 0 radical (unpaired) electrons. The summed E-state index contributed by atoms with van der Waals surface area (Å²) in [7, 11) is 0. The van der Waals surface area contributed by atoms with E-state index in [4.69, 9.17) is 0 Å². The van der Waals surface area contributed by atoms with E-state index >= 15 is 0 Å². The number of fused-ring (bicyclic) bond motifs is 1. The lowest BCUT2D eigenvalue weighted by atomic mass is 9.96. The molecule has 0 aliphatic rings. The van der Waals surface area contributed by atoms with Gasteiger partial charge in [-0.1, -0.05) is 12.1 Å². The number of rotatable bonds is 5. The Morgan fingerprint density at radius 3 is 2.57 bits per heavy atom. The molecule has 0 fully saturated rings.